The van der Waals surface area contributed by atoms with E-state index in [2.05, 4.69) is 23.7 Å². The predicted octanol–water partition coefficient (Wildman–Crippen LogP) is 3.26. The van der Waals surface area contributed by atoms with E-state index in [9.17, 15) is 5.11 Å². The van der Waals surface area contributed by atoms with Crippen LogP contribution in [0.5, 0.6) is 5.75 Å². The molecule has 1 aromatic rings. The quantitative estimate of drug-likeness (QED) is 0.627. The maximum Gasteiger partial charge on any atom is 0.118 e. The molecule has 94 valence electrons. The summed E-state index contributed by atoms with van der Waals surface area (Å²) in [5.41, 5.74) is 2.90. The number of hydrogen-bond donors (Lipinski definition) is 1. The molecule has 1 rings (SSSR count). The average molecular weight is 234 g/mol. The lowest BCUT2D eigenvalue weighted by molar-refractivity contribution is 0.470. The van der Waals surface area contributed by atoms with Crippen molar-refractivity contribution in [3.05, 3.63) is 23.3 Å². The second kappa shape index (κ2) is 6.28. The molecule has 0 saturated heterocycles. The summed E-state index contributed by atoms with van der Waals surface area (Å²) < 4.78 is 0. The Morgan fingerprint density at radius 1 is 1.35 bits per heavy atom. The molecule has 1 aromatic carbocycles. The smallest absolute Gasteiger partial charge is 0.118 e. The van der Waals surface area contributed by atoms with Gasteiger partial charge in [0.05, 0.1) is 12.0 Å². The molecule has 3 nitrogen and oxygen atoms in total. The Morgan fingerprint density at radius 3 is 2.65 bits per heavy atom. The highest BCUT2D eigenvalue weighted by atomic mass is 16.3. The van der Waals surface area contributed by atoms with Gasteiger partial charge in [0.25, 0.3) is 0 Å². The topological polar surface area (TPSA) is 35.8 Å². The predicted molar refractivity (Wildman–Crippen MR) is 73.3 cm³/mol. The average Bonchev–Trinajstić information content (AvgIpc) is 2.30. The Bertz CT molecular complexity index is 399. The normalized spacial score (nSPS) is 11.1. The summed E-state index contributed by atoms with van der Waals surface area (Å²) in [7, 11) is 2.02. The Hall–Kier alpha value is -1.51. The van der Waals surface area contributed by atoms with Gasteiger partial charge in [0, 0.05) is 13.6 Å². The second-order valence-electron chi connectivity index (χ2n) is 4.35. The zero-order valence-electron chi connectivity index (χ0n) is 11.2. The van der Waals surface area contributed by atoms with Crippen LogP contribution in [0.3, 0.4) is 0 Å². The standard InChI is InChI=1S/C14H22N2O/c1-5-7-16(4)10-15-13-8-11(3)14(17)9-12(13)6-2/h8-10,17H,5-7H2,1-4H3. The van der Waals surface area contributed by atoms with Gasteiger partial charge in [0.1, 0.15) is 5.75 Å². The number of hydrogen-bond acceptors (Lipinski definition) is 2. The summed E-state index contributed by atoms with van der Waals surface area (Å²) >= 11 is 0. The number of benzene rings is 1. The van der Waals surface area contributed by atoms with Gasteiger partial charge in [-0.2, -0.15) is 0 Å². The summed E-state index contributed by atoms with van der Waals surface area (Å²) in [5.74, 6) is 0.350. The molecule has 0 heterocycles. The molecular formula is C14H22N2O. The van der Waals surface area contributed by atoms with Gasteiger partial charge in [-0.25, -0.2) is 4.99 Å². The largest absolute Gasteiger partial charge is 0.508 e. The van der Waals surface area contributed by atoms with E-state index >= 15 is 0 Å². The van der Waals surface area contributed by atoms with Crippen LogP contribution >= 0.6 is 0 Å². The van der Waals surface area contributed by atoms with Crippen molar-refractivity contribution in [2.45, 2.75) is 33.6 Å². The summed E-state index contributed by atoms with van der Waals surface area (Å²) in [5, 5.41) is 9.65. The van der Waals surface area contributed by atoms with E-state index < -0.39 is 0 Å². The number of aryl methyl sites for hydroxylation is 2. The first kappa shape index (κ1) is 13.6. The fourth-order valence-electron chi connectivity index (χ4n) is 1.70. The van der Waals surface area contributed by atoms with Crippen LogP contribution < -0.4 is 0 Å². The molecule has 0 fully saturated rings. The molecule has 17 heavy (non-hydrogen) atoms. The second-order valence-corrected chi connectivity index (χ2v) is 4.35. The molecule has 3 heteroatoms. The minimum absolute atomic E-state index is 0.350. The first-order valence-electron chi connectivity index (χ1n) is 6.15. The van der Waals surface area contributed by atoms with E-state index in [1.807, 2.05) is 32.4 Å². The van der Waals surface area contributed by atoms with Crippen molar-refractivity contribution in [3.8, 4) is 5.75 Å². The molecule has 0 unspecified atom stereocenters. The molecule has 0 bridgehead atoms. The molecule has 0 spiro atoms. The number of phenolic OH excluding ortho intramolecular Hbond substituents is 1. The van der Waals surface area contributed by atoms with Crippen LogP contribution in [0.1, 0.15) is 31.4 Å². The molecule has 0 aliphatic heterocycles. The zero-order valence-corrected chi connectivity index (χ0v) is 11.2. The van der Waals surface area contributed by atoms with E-state index in [4.69, 9.17) is 0 Å². The maximum absolute atomic E-state index is 9.65. The molecule has 1 N–H and O–H groups in total. The number of aliphatic imine (C=N–C) groups is 1. The van der Waals surface area contributed by atoms with Crippen molar-refractivity contribution in [3.63, 3.8) is 0 Å². The SMILES string of the molecule is CCCN(C)C=Nc1cc(C)c(O)cc1CC. The molecule has 0 aliphatic carbocycles. The Labute approximate surface area is 104 Å². The van der Waals surface area contributed by atoms with Crippen LogP contribution in [0.25, 0.3) is 0 Å². The van der Waals surface area contributed by atoms with E-state index in [0.717, 1.165) is 36.2 Å². The van der Waals surface area contributed by atoms with Gasteiger partial charge in [-0.3, -0.25) is 0 Å². The maximum atomic E-state index is 9.65. The van der Waals surface area contributed by atoms with Crippen molar-refractivity contribution < 1.29 is 5.11 Å². The summed E-state index contributed by atoms with van der Waals surface area (Å²) in [6.45, 7) is 7.11. The van der Waals surface area contributed by atoms with Crippen LogP contribution in [0.4, 0.5) is 5.69 Å². The fourth-order valence-corrected chi connectivity index (χ4v) is 1.70. The molecule has 0 atom stereocenters. The first-order valence-corrected chi connectivity index (χ1v) is 6.15. The molecular weight excluding hydrogens is 212 g/mol. The van der Waals surface area contributed by atoms with Crippen molar-refractivity contribution in [1.29, 1.82) is 0 Å². The third-order valence-electron chi connectivity index (χ3n) is 2.75. The summed E-state index contributed by atoms with van der Waals surface area (Å²) in [6.07, 6.45) is 3.84. The lowest BCUT2D eigenvalue weighted by Gasteiger charge is -2.12. The third kappa shape index (κ3) is 3.77. The van der Waals surface area contributed by atoms with Crippen LogP contribution in [-0.4, -0.2) is 29.9 Å². The van der Waals surface area contributed by atoms with Gasteiger partial charge >= 0.3 is 0 Å². The lowest BCUT2D eigenvalue weighted by Crippen LogP contribution is -2.16. The van der Waals surface area contributed by atoms with Gasteiger partial charge in [-0.05, 0) is 43.0 Å². The molecule has 0 aromatic heterocycles. The van der Waals surface area contributed by atoms with E-state index in [-0.39, 0.29) is 0 Å². The van der Waals surface area contributed by atoms with Crippen LogP contribution in [-0.2, 0) is 6.42 Å². The molecule has 0 saturated carbocycles. The third-order valence-corrected chi connectivity index (χ3v) is 2.75. The van der Waals surface area contributed by atoms with Gasteiger partial charge < -0.3 is 10.0 Å². The number of rotatable bonds is 5. The van der Waals surface area contributed by atoms with Crippen LogP contribution in [0.2, 0.25) is 0 Å². The fraction of sp³-hybridized carbons (Fsp3) is 0.500. The highest BCUT2D eigenvalue weighted by molar-refractivity contribution is 5.64. The zero-order chi connectivity index (χ0) is 12.8. The van der Waals surface area contributed by atoms with Gasteiger partial charge in [0.15, 0.2) is 0 Å². The highest BCUT2D eigenvalue weighted by Gasteiger charge is 2.04. The monoisotopic (exact) mass is 234 g/mol. The minimum Gasteiger partial charge on any atom is -0.508 e. The number of aromatic hydroxyl groups is 1. The van der Waals surface area contributed by atoms with E-state index in [1.165, 1.54) is 0 Å². The highest BCUT2D eigenvalue weighted by Crippen LogP contribution is 2.28. The Kier molecular flexibility index (Phi) is 5.01. The number of nitrogens with zero attached hydrogens (tertiary/aromatic N) is 2. The molecule has 0 aliphatic rings. The van der Waals surface area contributed by atoms with Crippen molar-refractivity contribution in [2.75, 3.05) is 13.6 Å². The van der Waals surface area contributed by atoms with Crippen molar-refractivity contribution >= 4 is 12.0 Å². The molecule has 0 radical (unpaired) electrons. The minimum atomic E-state index is 0.350. The Balaban J connectivity index is 2.93. The van der Waals surface area contributed by atoms with Crippen LogP contribution in [0.15, 0.2) is 17.1 Å². The van der Waals surface area contributed by atoms with Gasteiger partial charge in [-0.15, -0.1) is 0 Å². The summed E-state index contributed by atoms with van der Waals surface area (Å²) in [4.78, 5) is 6.56. The van der Waals surface area contributed by atoms with E-state index in [1.54, 1.807) is 0 Å². The van der Waals surface area contributed by atoms with Crippen LogP contribution in [0, 0.1) is 6.92 Å². The summed E-state index contributed by atoms with van der Waals surface area (Å²) in [6, 6.07) is 3.74. The molecule has 0 amide bonds. The van der Waals surface area contributed by atoms with Crippen molar-refractivity contribution in [2.24, 2.45) is 4.99 Å². The Morgan fingerprint density at radius 2 is 2.06 bits per heavy atom. The first-order chi connectivity index (χ1) is 8.08. The lowest BCUT2D eigenvalue weighted by atomic mass is 10.1. The number of phenols is 1. The van der Waals surface area contributed by atoms with Crippen molar-refractivity contribution in [1.82, 2.24) is 4.90 Å². The van der Waals surface area contributed by atoms with Gasteiger partial charge in [-0.1, -0.05) is 13.8 Å². The van der Waals surface area contributed by atoms with Gasteiger partial charge in [0.2, 0.25) is 0 Å². The van der Waals surface area contributed by atoms with E-state index in [0.29, 0.717) is 5.75 Å².